The zero-order valence-corrected chi connectivity index (χ0v) is 17.1. The highest BCUT2D eigenvalue weighted by atomic mass is 16.5. The van der Waals surface area contributed by atoms with E-state index in [1.807, 2.05) is 0 Å². The lowest BCUT2D eigenvalue weighted by atomic mass is 9.78. The van der Waals surface area contributed by atoms with Gasteiger partial charge in [-0.3, -0.25) is 5.32 Å². The fourth-order valence-corrected chi connectivity index (χ4v) is 5.10. The van der Waals surface area contributed by atoms with Crippen molar-refractivity contribution in [3.63, 3.8) is 0 Å². The van der Waals surface area contributed by atoms with Crippen LogP contribution in [-0.2, 0) is 0 Å². The Kier molecular flexibility index (Phi) is 7.75. The Morgan fingerprint density at radius 2 is 1.20 bits per heavy atom. The van der Waals surface area contributed by atoms with Crippen molar-refractivity contribution in [2.45, 2.75) is 128 Å². The van der Waals surface area contributed by atoms with Crippen LogP contribution in [0, 0.1) is 5.92 Å². The minimum Gasteiger partial charge on any atom is -0.378 e. The Balaban J connectivity index is 1.92. The second kappa shape index (κ2) is 9.16. The van der Waals surface area contributed by atoms with Crippen LogP contribution in [0.25, 0.3) is 0 Å². The van der Waals surface area contributed by atoms with Gasteiger partial charge >= 0.3 is 0 Å². The molecule has 0 bridgehead atoms. The third-order valence-electron chi connectivity index (χ3n) is 6.39. The Hall–Kier alpha value is -0.160. The van der Waals surface area contributed by atoms with Crippen molar-refractivity contribution in [3.05, 3.63) is 0 Å². The minimum atomic E-state index is -0.414. The van der Waals surface area contributed by atoms with E-state index >= 15 is 0 Å². The molecule has 2 fully saturated rings. The number of piperidine rings is 1. The van der Waals surface area contributed by atoms with Gasteiger partial charge < -0.3 is 10.3 Å². The molecular formula is C21H42N2O2. The molecule has 1 saturated carbocycles. The van der Waals surface area contributed by atoms with E-state index in [2.05, 4.69) is 33.0 Å². The molecule has 1 atom stereocenters. The lowest BCUT2D eigenvalue weighted by Gasteiger charge is -2.52. The monoisotopic (exact) mass is 354 g/mol. The van der Waals surface area contributed by atoms with Crippen molar-refractivity contribution in [3.8, 4) is 0 Å². The Morgan fingerprint density at radius 1 is 0.800 bits per heavy atom. The summed E-state index contributed by atoms with van der Waals surface area (Å²) in [5.74, 6) is 0.372. The maximum absolute atomic E-state index is 10.9. The molecule has 1 heterocycles. The van der Waals surface area contributed by atoms with Gasteiger partial charge in [-0.2, -0.15) is 5.06 Å². The number of aliphatic hydroxyl groups excluding tert-OH is 1. The zero-order valence-electron chi connectivity index (χ0n) is 17.1. The summed E-state index contributed by atoms with van der Waals surface area (Å²) in [7, 11) is 0. The molecule has 4 nitrogen and oxygen atoms in total. The highest BCUT2D eigenvalue weighted by molar-refractivity contribution is 4.99. The summed E-state index contributed by atoms with van der Waals surface area (Å²) >= 11 is 0. The van der Waals surface area contributed by atoms with Crippen LogP contribution in [0.4, 0.5) is 0 Å². The van der Waals surface area contributed by atoms with E-state index in [-0.39, 0.29) is 17.1 Å². The van der Waals surface area contributed by atoms with Gasteiger partial charge in [0.2, 0.25) is 0 Å². The first-order valence-electron chi connectivity index (χ1n) is 10.7. The van der Waals surface area contributed by atoms with E-state index in [4.69, 9.17) is 0 Å². The smallest absolute Gasteiger partial charge is 0.107 e. The van der Waals surface area contributed by atoms with Crippen LogP contribution in [0.15, 0.2) is 0 Å². The first-order chi connectivity index (χ1) is 11.7. The van der Waals surface area contributed by atoms with Crippen LogP contribution in [0.3, 0.4) is 0 Å². The Bertz CT molecular complexity index is 367. The van der Waals surface area contributed by atoms with Crippen molar-refractivity contribution in [1.29, 1.82) is 0 Å². The van der Waals surface area contributed by atoms with E-state index in [1.54, 1.807) is 0 Å². The van der Waals surface area contributed by atoms with E-state index in [9.17, 15) is 10.3 Å². The van der Waals surface area contributed by atoms with Gasteiger partial charge in [0.15, 0.2) is 0 Å². The molecule has 25 heavy (non-hydrogen) atoms. The number of nitrogens with zero attached hydrogens (tertiary/aromatic N) is 1. The second-order valence-corrected chi connectivity index (χ2v) is 9.82. The molecule has 0 spiro atoms. The summed E-state index contributed by atoms with van der Waals surface area (Å²) in [5, 5.41) is 26.4. The summed E-state index contributed by atoms with van der Waals surface area (Å²) in [4.78, 5) is 0. The summed E-state index contributed by atoms with van der Waals surface area (Å²) in [6.07, 6.45) is 14.2. The SMILES string of the molecule is CC1(C)CC(NC(O)C2CCCCCCCCCC2)CC(C)(C)N1O. The third-order valence-corrected chi connectivity index (χ3v) is 6.39. The Labute approximate surface area is 155 Å². The predicted molar refractivity (Wildman–Crippen MR) is 104 cm³/mol. The summed E-state index contributed by atoms with van der Waals surface area (Å²) < 4.78 is 0. The molecule has 2 rings (SSSR count). The van der Waals surface area contributed by atoms with E-state index in [0.717, 1.165) is 25.7 Å². The van der Waals surface area contributed by atoms with Crippen LogP contribution in [-0.4, -0.2) is 38.7 Å². The van der Waals surface area contributed by atoms with Crippen LogP contribution in [0.2, 0.25) is 0 Å². The van der Waals surface area contributed by atoms with Gasteiger partial charge in [0, 0.05) is 17.1 Å². The molecule has 3 N–H and O–H groups in total. The first-order valence-corrected chi connectivity index (χ1v) is 10.7. The molecule has 0 aromatic heterocycles. The quantitative estimate of drug-likeness (QED) is 0.635. The number of nitrogens with one attached hydrogen (secondary N) is 1. The zero-order chi connectivity index (χ0) is 18.5. The van der Waals surface area contributed by atoms with Crippen molar-refractivity contribution in [2.75, 3.05) is 0 Å². The van der Waals surface area contributed by atoms with Gasteiger partial charge in [-0.05, 0) is 59.3 Å². The van der Waals surface area contributed by atoms with E-state index < -0.39 is 6.23 Å². The highest BCUT2D eigenvalue weighted by Gasteiger charge is 2.45. The van der Waals surface area contributed by atoms with Gasteiger partial charge in [-0.1, -0.05) is 51.4 Å². The summed E-state index contributed by atoms with van der Waals surface area (Å²) in [6.45, 7) is 8.34. The molecule has 2 aliphatic rings. The van der Waals surface area contributed by atoms with Crippen LogP contribution in [0.1, 0.15) is 105 Å². The lowest BCUT2D eigenvalue weighted by Crippen LogP contribution is -2.63. The molecule has 1 aliphatic heterocycles. The molecule has 0 aromatic carbocycles. The molecule has 0 aromatic rings. The van der Waals surface area contributed by atoms with E-state index in [1.165, 1.54) is 56.4 Å². The Morgan fingerprint density at radius 3 is 1.64 bits per heavy atom. The standard InChI is InChI=1S/C21H42N2O2/c1-20(2)15-18(16-21(3,4)23(20)25)22-19(24)17-13-11-9-7-5-6-8-10-12-14-17/h17-19,22,24-25H,5-16H2,1-4H3. The fourth-order valence-electron chi connectivity index (χ4n) is 5.10. The van der Waals surface area contributed by atoms with Crippen LogP contribution < -0.4 is 5.32 Å². The molecule has 4 heteroatoms. The van der Waals surface area contributed by atoms with Gasteiger partial charge in [0.1, 0.15) is 6.23 Å². The van der Waals surface area contributed by atoms with E-state index in [0.29, 0.717) is 5.92 Å². The molecular weight excluding hydrogens is 312 g/mol. The fraction of sp³-hybridized carbons (Fsp3) is 1.00. The molecule has 0 radical (unpaired) electrons. The molecule has 1 aliphatic carbocycles. The normalized spacial score (nSPS) is 29.0. The minimum absolute atomic E-state index is 0.251. The topological polar surface area (TPSA) is 55.7 Å². The number of hydroxylamine groups is 2. The lowest BCUT2D eigenvalue weighted by molar-refractivity contribution is -0.247. The van der Waals surface area contributed by atoms with Crippen LogP contribution >= 0.6 is 0 Å². The van der Waals surface area contributed by atoms with Gasteiger partial charge in [-0.25, -0.2) is 0 Å². The average Bonchev–Trinajstić information content (AvgIpc) is 2.57. The molecule has 0 amide bonds. The third kappa shape index (κ3) is 6.20. The maximum Gasteiger partial charge on any atom is 0.107 e. The maximum atomic E-state index is 10.9. The summed E-state index contributed by atoms with van der Waals surface area (Å²) in [5.41, 5.74) is -0.541. The second-order valence-electron chi connectivity index (χ2n) is 9.82. The number of aliphatic hydroxyl groups is 1. The summed E-state index contributed by atoms with van der Waals surface area (Å²) in [6, 6.07) is 0.251. The number of hydrogen-bond donors (Lipinski definition) is 3. The van der Waals surface area contributed by atoms with Gasteiger partial charge in [-0.15, -0.1) is 0 Å². The number of hydrogen-bond acceptors (Lipinski definition) is 4. The average molecular weight is 355 g/mol. The van der Waals surface area contributed by atoms with Gasteiger partial charge in [0.05, 0.1) is 0 Å². The molecule has 1 unspecified atom stereocenters. The number of rotatable bonds is 3. The van der Waals surface area contributed by atoms with Crippen molar-refractivity contribution in [2.24, 2.45) is 5.92 Å². The molecule has 1 saturated heterocycles. The van der Waals surface area contributed by atoms with Crippen molar-refractivity contribution >= 4 is 0 Å². The molecule has 148 valence electrons. The van der Waals surface area contributed by atoms with Crippen LogP contribution in [0.5, 0.6) is 0 Å². The first kappa shape index (κ1) is 21.1. The predicted octanol–water partition coefficient (Wildman–Crippen LogP) is 4.84. The van der Waals surface area contributed by atoms with Crippen molar-refractivity contribution in [1.82, 2.24) is 10.4 Å². The highest BCUT2D eigenvalue weighted by Crippen LogP contribution is 2.37. The largest absolute Gasteiger partial charge is 0.378 e. The van der Waals surface area contributed by atoms with Gasteiger partial charge in [0.25, 0.3) is 0 Å². The van der Waals surface area contributed by atoms with Crippen molar-refractivity contribution < 1.29 is 10.3 Å².